The van der Waals surface area contributed by atoms with Crippen molar-refractivity contribution in [1.29, 1.82) is 0 Å². The molecule has 774 valence electrons. The minimum Gasteiger partial charge on any atom is -0.744 e. The zero-order valence-corrected chi connectivity index (χ0v) is 82.4. The standard InChI is InChI=1S/C93H153N3O36S3/c1-6-7-27-96-85-24-22-81-82(76-80(134(103,104)105)78-86(81)135(106,107)108)91(85)93(4,25-15-9-14-20-90(98)99)88(96)18-12-8-11-17-87-92(2,3)83-77-79(133(100,101)102)21-23-84(83)95(87)28-16-10-13-19-89(97)94-26-29-110-32-33-112-36-37-114-40-41-116-44-45-118-48-49-120-52-53-122-56-57-124-60-61-126-64-65-128-68-69-130-72-73-132-75-74-131-71-70-129-67-66-127-63-62-125-59-58-123-55-54-121-51-50-119-47-46-117-43-42-115-39-38-113-35-34-111-31-30-109-5/h8,11-12,17-18,21-24,76-78H,6-7,9-10,13-16,19-20,25-75H2,1-5H3,(H4-,94,97,98,99,100,101,102,103,104,105,106,107,108)/p-2. The smallest absolute Gasteiger partial charge is 0.303 e. The van der Waals surface area contributed by atoms with Crippen LogP contribution in [0.3, 0.4) is 0 Å². The van der Waals surface area contributed by atoms with Crippen LogP contribution in [0.15, 0.2) is 93.2 Å². The molecule has 0 aromatic heterocycles. The number of carboxylic acid groups (broad SMARTS) is 1. The molecule has 0 bridgehead atoms. The summed E-state index contributed by atoms with van der Waals surface area (Å²) in [6.45, 7) is 30.7. The average molecular weight is 1980 g/mol. The Balaban J connectivity index is 0.759. The van der Waals surface area contributed by atoms with Gasteiger partial charge < -0.3 is 143 Å². The molecule has 0 spiro atoms. The maximum Gasteiger partial charge on any atom is 0.303 e. The van der Waals surface area contributed by atoms with Crippen molar-refractivity contribution in [1.82, 2.24) is 5.32 Å². The Labute approximate surface area is 798 Å². The largest absolute Gasteiger partial charge is 0.744 e. The van der Waals surface area contributed by atoms with E-state index in [0.29, 0.717) is 404 Å². The van der Waals surface area contributed by atoms with Crippen molar-refractivity contribution < 1.29 is 172 Å². The molecule has 2 heterocycles. The molecular weight excluding hydrogens is 1830 g/mol. The van der Waals surface area contributed by atoms with Crippen molar-refractivity contribution >= 4 is 70.1 Å². The Kier molecular flexibility index (Phi) is 65.9. The van der Waals surface area contributed by atoms with Crippen LogP contribution in [0, 0.1) is 0 Å². The van der Waals surface area contributed by atoms with Crippen molar-refractivity contribution in [3.05, 3.63) is 89.7 Å². The highest BCUT2D eigenvalue weighted by molar-refractivity contribution is 7.86. The van der Waals surface area contributed by atoms with E-state index in [1.807, 2.05) is 58.1 Å². The number of allylic oxidation sites excluding steroid dienone is 6. The third kappa shape index (κ3) is 52.6. The van der Waals surface area contributed by atoms with Crippen LogP contribution in [0.1, 0.15) is 109 Å². The minimum atomic E-state index is -5.28. The molecule has 42 heteroatoms. The first kappa shape index (κ1) is 120. The summed E-state index contributed by atoms with van der Waals surface area (Å²) < 4.78 is 247. The second kappa shape index (κ2) is 74.3. The third-order valence-electron chi connectivity index (χ3n) is 21.0. The summed E-state index contributed by atoms with van der Waals surface area (Å²) in [6, 6.07) is 9.24. The number of methoxy groups -OCH3 is 1. The van der Waals surface area contributed by atoms with Crippen molar-refractivity contribution in [2.45, 2.75) is 124 Å². The van der Waals surface area contributed by atoms with Gasteiger partial charge in [0.25, 0.3) is 0 Å². The lowest BCUT2D eigenvalue weighted by molar-refractivity contribution is -0.438. The predicted molar refractivity (Wildman–Crippen MR) is 496 cm³/mol. The van der Waals surface area contributed by atoms with Crippen LogP contribution in [0.25, 0.3) is 10.8 Å². The van der Waals surface area contributed by atoms with Crippen LogP contribution in [0.4, 0.5) is 11.4 Å². The average Bonchev–Trinajstić information content (AvgIpc) is 1.56. The fourth-order valence-corrected chi connectivity index (χ4v) is 16.0. The lowest BCUT2D eigenvalue weighted by Gasteiger charge is -2.31. The van der Waals surface area contributed by atoms with E-state index in [4.69, 9.17) is 114 Å². The molecule has 135 heavy (non-hydrogen) atoms. The summed E-state index contributed by atoms with van der Waals surface area (Å²) in [5.74, 6) is -1.06. The Morgan fingerprint density at radius 2 is 0.763 bits per heavy atom. The van der Waals surface area contributed by atoms with Gasteiger partial charge in [0, 0.05) is 74.0 Å². The second-order valence-corrected chi connectivity index (χ2v) is 35.6. The number of carbonyl (C=O) groups is 2. The van der Waals surface area contributed by atoms with Crippen LogP contribution >= 0.6 is 0 Å². The molecule has 2 aliphatic heterocycles. The first-order valence-electron chi connectivity index (χ1n) is 46.8. The number of unbranched alkanes of at least 4 members (excludes halogenated alkanes) is 5. The van der Waals surface area contributed by atoms with E-state index in [1.54, 1.807) is 19.2 Å². The molecule has 39 nitrogen and oxygen atoms in total. The Morgan fingerprint density at radius 1 is 0.400 bits per heavy atom. The molecule has 0 saturated heterocycles. The van der Waals surface area contributed by atoms with Crippen molar-refractivity contribution in [3.63, 3.8) is 0 Å². The summed E-state index contributed by atoms with van der Waals surface area (Å²) >= 11 is 0. The van der Waals surface area contributed by atoms with Gasteiger partial charge in [0.1, 0.15) is 36.9 Å². The van der Waals surface area contributed by atoms with Gasteiger partial charge in [-0.25, -0.2) is 25.3 Å². The number of amides is 1. The number of carbonyl (C=O) groups excluding carboxylic acids is 1. The predicted octanol–water partition coefficient (Wildman–Crippen LogP) is 7.24. The van der Waals surface area contributed by atoms with Crippen molar-refractivity contribution in [2.24, 2.45) is 0 Å². The van der Waals surface area contributed by atoms with Gasteiger partial charge in [-0.2, -0.15) is 4.58 Å². The summed E-state index contributed by atoms with van der Waals surface area (Å²) in [7, 11) is -13.7. The maximum atomic E-state index is 12.8. The Morgan fingerprint density at radius 3 is 1.12 bits per heavy atom. The van der Waals surface area contributed by atoms with Gasteiger partial charge in [-0.3, -0.25) is 9.59 Å². The number of ether oxygens (including phenoxy) is 24. The molecule has 1 atom stereocenters. The quantitative estimate of drug-likeness (QED) is 0.0243. The van der Waals surface area contributed by atoms with E-state index < -0.39 is 56.9 Å². The molecule has 0 fully saturated rings. The first-order chi connectivity index (χ1) is 65.5. The molecule has 0 aliphatic carbocycles. The molecule has 0 radical (unpaired) electrons. The van der Waals surface area contributed by atoms with Gasteiger partial charge in [0.15, 0.2) is 5.71 Å². The van der Waals surface area contributed by atoms with Crippen LogP contribution in [0.5, 0.6) is 0 Å². The molecule has 3 aromatic rings. The van der Waals surface area contributed by atoms with Gasteiger partial charge in [-0.15, -0.1) is 0 Å². The van der Waals surface area contributed by atoms with Gasteiger partial charge in [-0.05, 0) is 106 Å². The van der Waals surface area contributed by atoms with Gasteiger partial charge in [0.05, 0.1) is 331 Å². The molecule has 2 aliphatic rings. The SMILES string of the molecule is CCCCN1C(=CC=CC=CC2=[N+](CCCCCC(=O)NCCOCCOCCOCCOCCOCCOCCOCCOCCOCCOCCOCCOCCOCCOCCOCCOCCOCCOCCOCCOCCOCCOCCOCCOC)c3ccc(S(=O)(=O)[O-])cc3C2(C)C)C(C)(CCCCCC(=O)O)c2c1ccc1c(S(=O)(=O)[O-])cc(S(=O)(=O)[O-])cc21. The minimum absolute atomic E-state index is 0.0348. The number of carboxylic acids is 1. The second-order valence-electron chi connectivity index (χ2n) is 31.5. The monoisotopic (exact) mass is 1980 g/mol. The van der Waals surface area contributed by atoms with Crippen LogP contribution in [0.2, 0.25) is 0 Å². The topological polar surface area (TPSA) is 466 Å². The highest BCUT2D eigenvalue weighted by Gasteiger charge is 2.46. The molecule has 0 saturated carbocycles. The van der Waals surface area contributed by atoms with E-state index in [1.165, 1.54) is 18.2 Å². The zero-order valence-electron chi connectivity index (χ0n) is 79.9. The number of rotatable bonds is 93. The highest BCUT2D eigenvalue weighted by atomic mass is 32.2. The summed E-state index contributed by atoms with van der Waals surface area (Å²) in [5.41, 5.74) is 2.37. The third-order valence-corrected chi connectivity index (χ3v) is 23.5. The number of hydrogen-bond acceptors (Lipinski definition) is 36. The molecule has 3 aromatic carbocycles. The number of aliphatic carboxylic acids is 1. The number of anilines is 1. The normalized spacial score (nSPS) is 14.9. The Hall–Kier alpha value is -5.68. The number of hydrogen-bond donors (Lipinski definition) is 2. The number of nitrogens with one attached hydrogen (secondary N) is 1. The van der Waals surface area contributed by atoms with Crippen molar-refractivity contribution in [2.75, 3.05) is 342 Å². The first-order valence-corrected chi connectivity index (χ1v) is 51.1. The van der Waals surface area contributed by atoms with Crippen LogP contribution < -0.4 is 10.2 Å². The molecular formula is C93H151N3O36S3-2. The molecule has 1 unspecified atom stereocenters. The zero-order chi connectivity index (χ0) is 97.5. The molecule has 5 rings (SSSR count). The van der Waals surface area contributed by atoms with E-state index >= 15 is 0 Å². The fraction of sp³-hybridized carbons (Fsp3) is 0.731. The van der Waals surface area contributed by atoms with E-state index in [0.717, 1.165) is 36.0 Å². The Bertz CT molecular complexity index is 4140. The van der Waals surface area contributed by atoms with Crippen LogP contribution in [-0.4, -0.2) is 403 Å². The summed E-state index contributed by atoms with van der Waals surface area (Å²) in [5, 5.41) is 12.4. The summed E-state index contributed by atoms with van der Waals surface area (Å²) in [4.78, 5) is 24.3. The maximum absolute atomic E-state index is 12.8. The van der Waals surface area contributed by atoms with Crippen LogP contribution in [-0.2, 0) is 164 Å². The lowest BCUT2D eigenvalue weighted by Crippen LogP contribution is -2.29. The number of nitrogens with zero attached hydrogens (tertiary/aromatic N) is 2. The summed E-state index contributed by atoms with van der Waals surface area (Å²) in [6.07, 6.45) is 14.8. The highest BCUT2D eigenvalue weighted by Crippen LogP contribution is 2.54. The molecule has 1 amide bonds. The van der Waals surface area contributed by atoms with Gasteiger partial charge in [0.2, 0.25) is 11.6 Å². The van der Waals surface area contributed by atoms with Gasteiger partial charge in [-0.1, -0.05) is 50.5 Å². The van der Waals surface area contributed by atoms with E-state index in [-0.39, 0.29) is 28.0 Å². The fourth-order valence-electron chi connectivity index (χ4n) is 14.2. The van der Waals surface area contributed by atoms with Gasteiger partial charge >= 0.3 is 5.97 Å². The van der Waals surface area contributed by atoms with E-state index in [9.17, 15) is 53.6 Å². The lowest BCUT2D eigenvalue weighted by atomic mass is 9.75. The van der Waals surface area contributed by atoms with Crippen molar-refractivity contribution in [3.8, 4) is 0 Å². The number of benzene rings is 3. The number of fused-ring (bicyclic) bond motifs is 4. The molecule has 2 N–H and O–H groups in total. The van der Waals surface area contributed by atoms with E-state index in [2.05, 4.69) is 14.8 Å².